The highest BCUT2D eigenvalue weighted by atomic mass is 35.5. The summed E-state index contributed by atoms with van der Waals surface area (Å²) in [6, 6.07) is 0. The molecular weight excluding hydrogens is 252 g/mol. The minimum atomic E-state index is 0.579. The molecule has 0 nitrogen and oxygen atoms in total. The average Bonchev–Trinajstić information content (AvgIpc) is 2.44. The molecule has 110 valence electrons. The lowest BCUT2D eigenvalue weighted by Crippen LogP contribution is -2.00. The lowest BCUT2D eigenvalue weighted by atomic mass is 9.92. The molecule has 0 aliphatic carbocycles. The van der Waals surface area contributed by atoms with Crippen molar-refractivity contribution in [1.29, 1.82) is 0 Å². The van der Waals surface area contributed by atoms with Crippen LogP contribution in [-0.4, -0.2) is 0 Å². The molecule has 0 saturated carbocycles. The molecule has 0 aromatic carbocycles. The van der Waals surface area contributed by atoms with Crippen molar-refractivity contribution in [2.24, 2.45) is 11.8 Å². The summed E-state index contributed by atoms with van der Waals surface area (Å²) in [7, 11) is 0. The van der Waals surface area contributed by atoms with E-state index in [4.69, 9.17) is 11.6 Å². The third kappa shape index (κ3) is 5.99. The maximum Gasteiger partial charge on any atom is 0.0466 e. The number of rotatable bonds is 7. The third-order valence-corrected chi connectivity index (χ3v) is 4.68. The Morgan fingerprint density at radius 1 is 1.05 bits per heavy atom. The Bertz CT molecular complexity index is 358. The Morgan fingerprint density at radius 3 is 2.05 bits per heavy atom. The number of hydrogen-bond donors (Lipinski definition) is 0. The highest BCUT2D eigenvalue weighted by Gasteiger charge is 2.11. The van der Waals surface area contributed by atoms with Crippen molar-refractivity contribution in [3.8, 4) is 0 Å². The standard InChI is InChI=1S/C18H31Cl/c1-8-13(4)11-12-17(16(7)14(5)9-2)18(19)15(6)10-3/h11-14H,8-10H2,1-7H3/b12-11-,17-16-,18-15-. The topological polar surface area (TPSA) is 0 Å². The van der Waals surface area contributed by atoms with E-state index in [1.54, 1.807) is 0 Å². The second kappa shape index (κ2) is 9.42. The summed E-state index contributed by atoms with van der Waals surface area (Å²) >= 11 is 6.59. The van der Waals surface area contributed by atoms with Crippen LogP contribution in [0.15, 0.2) is 33.9 Å². The van der Waals surface area contributed by atoms with Crippen LogP contribution in [0.25, 0.3) is 0 Å². The molecule has 0 saturated heterocycles. The van der Waals surface area contributed by atoms with E-state index in [-0.39, 0.29) is 0 Å². The van der Waals surface area contributed by atoms with Crippen LogP contribution in [0, 0.1) is 11.8 Å². The first-order valence-electron chi connectivity index (χ1n) is 7.63. The first-order chi connectivity index (χ1) is 8.88. The van der Waals surface area contributed by atoms with Gasteiger partial charge in [-0.2, -0.15) is 0 Å². The highest BCUT2D eigenvalue weighted by Crippen LogP contribution is 2.30. The zero-order valence-electron chi connectivity index (χ0n) is 13.8. The van der Waals surface area contributed by atoms with Crippen LogP contribution >= 0.6 is 11.6 Å². The lowest BCUT2D eigenvalue weighted by molar-refractivity contribution is 0.651. The van der Waals surface area contributed by atoms with Crippen LogP contribution in [0.3, 0.4) is 0 Å². The van der Waals surface area contributed by atoms with Crippen LogP contribution in [0.1, 0.15) is 67.7 Å². The number of hydrogen-bond acceptors (Lipinski definition) is 0. The highest BCUT2D eigenvalue weighted by molar-refractivity contribution is 6.32. The molecule has 1 heteroatoms. The van der Waals surface area contributed by atoms with Crippen LogP contribution in [0.2, 0.25) is 0 Å². The Labute approximate surface area is 125 Å². The van der Waals surface area contributed by atoms with Crippen LogP contribution in [0.4, 0.5) is 0 Å². The molecule has 0 aliphatic heterocycles. The molecule has 0 aromatic rings. The molecule has 0 fully saturated rings. The summed E-state index contributed by atoms with van der Waals surface area (Å²) in [5.74, 6) is 1.18. The van der Waals surface area contributed by atoms with Gasteiger partial charge in [0.15, 0.2) is 0 Å². The molecule has 0 radical (unpaired) electrons. The SMILES string of the molecule is CC/C(C)=C(Cl)/C(/C=C\C(C)CC)=C(/C)C(C)CC. The van der Waals surface area contributed by atoms with E-state index in [0.717, 1.165) is 17.9 Å². The Kier molecular flexibility index (Phi) is 9.18. The average molecular weight is 283 g/mol. The second-order valence-electron chi connectivity index (χ2n) is 5.60. The van der Waals surface area contributed by atoms with Gasteiger partial charge in [-0.15, -0.1) is 0 Å². The molecule has 0 spiro atoms. The fourth-order valence-corrected chi connectivity index (χ4v) is 2.08. The minimum absolute atomic E-state index is 0.579. The minimum Gasteiger partial charge on any atom is -0.0837 e. The lowest BCUT2D eigenvalue weighted by Gasteiger charge is -2.16. The van der Waals surface area contributed by atoms with Gasteiger partial charge < -0.3 is 0 Å². The van der Waals surface area contributed by atoms with Gasteiger partial charge in [0.1, 0.15) is 0 Å². The zero-order chi connectivity index (χ0) is 15.0. The fourth-order valence-electron chi connectivity index (χ4n) is 1.73. The number of halogens is 1. The van der Waals surface area contributed by atoms with Gasteiger partial charge in [0.25, 0.3) is 0 Å². The summed E-state index contributed by atoms with van der Waals surface area (Å²) < 4.78 is 0. The molecule has 19 heavy (non-hydrogen) atoms. The van der Waals surface area contributed by atoms with Crippen LogP contribution < -0.4 is 0 Å². The summed E-state index contributed by atoms with van der Waals surface area (Å²) in [6.07, 6.45) is 7.85. The van der Waals surface area contributed by atoms with Gasteiger partial charge in [-0.3, -0.25) is 0 Å². The molecule has 0 heterocycles. The maximum absolute atomic E-state index is 6.59. The normalized spacial score (nSPS) is 18.1. The van der Waals surface area contributed by atoms with Crippen molar-refractivity contribution < 1.29 is 0 Å². The van der Waals surface area contributed by atoms with E-state index >= 15 is 0 Å². The van der Waals surface area contributed by atoms with Crippen molar-refractivity contribution in [3.63, 3.8) is 0 Å². The van der Waals surface area contributed by atoms with E-state index in [9.17, 15) is 0 Å². The Balaban J connectivity index is 5.58. The Morgan fingerprint density at radius 2 is 1.63 bits per heavy atom. The van der Waals surface area contributed by atoms with Gasteiger partial charge >= 0.3 is 0 Å². The quantitative estimate of drug-likeness (QED) is 0.447. The molecule has 2 atom stereocenters. The molecule has 0 N–H and O–H groups in total. The third-order valence-electron chi connectivity index (χ3n) is 4.15. The van der Waals surface area contributed by atoms with Crippen molar-refractivity contribution in [2.75, 3.05) is 0 Å². The van der Waals surface area contributed by atoms with Crippen LogP contribution in [0.5, 0.6) is 0 Å². The maximum atomic E-state index is 6.59. The van der Waals surface area contributed by atoms with E-state index in [1.165, 1.54) is 23.1 Å². The van der Waals surface area contributed by atoms with Crippen molar-refractivity contribution in [2.45, 2.75) is 67.7 Å². The van der Waals surface area contributed by atoms with E-state index in [2.05, 4.69) is 60.6 Å². The summed E-state index contributed by atoms with van der Waals surface area (Å²) in [5.41, 5.74) is 3.91. The van der Waals surface area contributed by atoms with Crippen LogP contribution in [-0.2, 0) is 0 Å². The first kappa shape index (κ1) is 18.5. The van der Waals surface area contributed by atoms with Gasteiger partial charge in [-0.1, -0.05) is 75.9 Å². The fraction of sp³-hybridized carbons (Fsp3) is 0.667. The van der Waals surface area contributed by atoms with Gasteiger partial charge in [-0.05, 0) is 44.1 Å². The molecule has 2 unspecified atom stereocenters. The molecule has 0 amide bonds. The number of allylic oxidation sites excluding steroid dienone is 6. The molecular formula is C18H31Cl. The summed E-state index contributed by atoms with van der Waals surface area (Å²) in [6.45, 7) is 15.5. The smallest absolute Gasteiger partial charge is 0.0466 e. The summed E-state index contributed by atoms with van der Waals surface area (Å²) in [4.78, 5) is 0. The first-order valence-corrected chi connectivity index (χ1v) is 8.01. The predicted octanol–water partition coefficient (Wildman–Crippen LogP) is 6.87. The Hall–Kier alpha value is -0.490. The molecule has 0 bridgehead atoms. The molecule has 0 aliphatic rings. The van der Waals surface area contributed by atoms with E-state index in [1.807, 2.05) is 0 Å². The molecule has 0 aromatic heterocycles. The summed E-state index contributed by atoms with van der Waals surface area (Å²) in [5, 5.41) is 0.944. The second-order valence-corrected chi connectivity index (χ2v) is 5.98. The molecule has 0 rings (SSSR count). The van der Waals surface area contributed by atoms with E-state index < -0.39 is 0 Å². The predicted molar refractivity (Wildman–Crippen MR) is 89.6 cm³/mol. The largest absolute Gasteiger partial charge is 0.0837 e. The van der Waals surface area contributed by atoms with Gasteiger partial charge in [-0.25, -0.2) is 0 Å². The van der Waals surface area contributed by atoms with Gasteiger partial charge in [0.05, 0.1) is 0 Å². The monoisotopic (exact) mass is 282 g/mol. The van der Waals surface area contributed by atoms with Gasteiger partial charge in [0.2, 0.25) is 0 Å². The zero-order valence-corrected chi connectivity index (χ0v) is 14.6. The van der Waals surface area contributed by atoms with E-state index in [0.29, 0.717) is 11.8 Å². The van der Waals surface area contributed by atoms with Gasteiger partial charge in [0, 0.05) is 5.03 Å². The van der Waals surface area contributed by atoms with Crippen molar-refractivity contribution in [1.82, 2.24) is 0 Å². The van der Waals surface area contributed by atoms with Crippen molar-refractivity contribution >= 4 is 11.6 Å². The van der Waals surface area contributed by atoms with Crippen molar-refractivity contribution in [3.05, 3.63) is 33.9 Å².